The quantitative estimate of drug-likeness (QED) is 0.648. The predicted octanol–water partition coefficient (Wildman–Crippen LogP) is 3.02. The molecule has 28 heavy (non-hydrogen) atoms. The summed E-state index contributed by atoms with van der Waals surface area (Å²) in [5.41, 5.74) is -0.333. The summed E-state index contributed by atoms with van der Waals surface area (Å²) in [6, 6.07) is 8.29. The number of hydrogen-bond donors (Lipinski definition) is 1. The summed E-state index contributed by atoms with van der Waals surface area (Å²) in [4.78, 5) is 19.4. The third kappa shape index (κ3) is 3.63. The van der Waals surface area contributed by atoms with Crippen LogP contribution >= 0.6 is 0 Å². The van der Waals surface area contributed by atoms with E-state index in [0.717, 1.165) is 6.21 Å². The fourth-order valence-electron chi connectivity index (χ4n) is 2.43. The summed E-state index contributed by atoms with van der Waals surface area (Å²) in [5, 5.41) is 21.4. The number of aliphatic imine (C=N–C) groups is 1. The number of hydrogen-bond acceptors (Lipinski definition) is 7. The molecule has 0 bridgehead atoms. The molecule has 0 atom stereocenters. The zero-order valence-corrected chi connectivity index (χ0v) is 14.8. The number of carboxylic acids is 1. The fourth-order valence-corrected chi connectivity index (χ4v) is 2.43. The van der Waals surface area contributed by atoms with E-state index in [1.807, 2.05) is 0 Å². The highest BCUT2D eigenvalue weighted by atomic mass is 19.1. The van der Waals surface area contributed by atoms with Gasteiger partial charge in [0.1, 0.15) is 17.4 Å². The van der Waals surface area contributed by atoms with E-state index in [1.165, 1.54) is 44.6 Å². The van der Waals surface area contributed by atoms with Crippen molar-refractivity contribution in [1.29, 1.82) is 0 Å². The topological polar surface area (TPSA) is 117 Å². The number of carbonyl (C=O) groups is 1. The standard InChI is InChI=1S/C19H15FN2O6/c1-26-15-7-11(18(23)24)13(8-16(15)27-2)21-9-14-19(25)28-17(22-14)10-5-3-4-6-12(10)20/h3-9,25H,1-2H3,(H,23,24)/p-1. The van der Waals surface area contributed by atoms with Crippen LogP contribution in [0.4, 0.5) is 10.1 Å². The molecule has 0 fully saturated rings. The van der Waals surface area contributed by atoms with Crippen molar-refractivity contribution in [1.82, 2.24) is 4.98 Å². The van der Waals surface area contributed by atoms with Crippen LogP contribution in [-0.4, -0.2) is 36.5 Å². The van der Waals surface area contributed by atoms with Crippen molar-refractivity contribution in [2.24, 2.45) is 4.99 Å². The largest absolute Gasteiger partial charge is 0.562 e. The Bertz CT molecular complexity index is 1060. The third-order valence-electron chi connectivity index (χ3n) is 3.78. The molecule has 0 aliphatic rings. The molecule has 2 aromatic carbocycles. The minimum absolute atomic E-state index is 0.0139. The Balaban J connectivity index is 2.01. The van der Waals surface area contributed by atoms with Crippen molar-refractivity contribution in [3.8, 4) is 28.9 Å². The second-order valence-corrected chi connectivity index (χ2v) is 5.46. The number of halogens is 1. The minimum Gasteiger partial charge on any atom is -0.562 e. The molecule has 0 aliphatic heterocycles. The number of ether oxygens (including phenoxy) is 2. The zero-order valence-electron chi connectivity index (χ0n) is 14.8. The first-order valence-electron chi connectivity index (χ1n) is 7.90. The lowest BCUT2D eigenvalue weighted by atomic mass is 10.1. The average Bonchev–Trinajstić information content (AvgIpc) is 3.06. The van der Waals surface area contributed by atoms with Gasteiger partial charge in [0, 0.05) is 17.7 Å². The van der Waals surface area contributed by atoms with Crippen LogP contribution in [0.2, 0.25) is 0 Å². The normalized spacial score (nSPS) is 11.0. The van der Waals surface area contributed by atoms with E-state index in [1.54, 1.807) is 6.07 Å². The third-order valence-corrected chi connectivity index (χ3v) is 3.78. The van der Waals surface area contributed by atoms with E-state index in [0.29, 0.717) is 0 Å². The Morgan fingerprint density at radius 1 is 1.25 bits per heavy atom. The maximum atomic E-state index is 13.8. The lowest BCUT2D eigenvalue weighted by Crippen LogP contribution is -2.00. The average molecular weight is 385 g/mol. The molecule has 144 valence electrons. The first kappa shape index (κ1) is 18.9. The lowest BCUT2D eigenvalue weighted by molar-refractivity contribution is -0.293. The van der Waals surface area contributed by atoms with Crippen LogP contribution in [0.1, 0.15) is 16.1 Å². The second kappa shape index (κ2) is 7.78. The van der Waals surface area contributed by atoms with E-state index < -0.39 is 17.7 Å². The summed E-state index contributed by atoms with van der Waals surface area (Å²) < 4.78 is 29.0. The molecule has 0 aliphatic carbocycles. The molecular formula is C19H14FN2O6-. The van der Waals surface area contributed by atoms with Gasteiger partial charge in [0.05, 0.1) is 37.6 Å². The Labute approximate surface area is 158 Å². The fraction of sp³-hybridized carbons (Fsp3) is 0.105. The number of benzene rings is 2. The van der Waals surface area contributed by atoms with Crippen LogP contribution in [0.15, 0.2) is 45.8 Å². The highest BCUT2D eigenvalue weighted by Crippen LogP contribution is 2.35. The maximum absolute atomic E-state index is 13.8. The van der Waals surface area contributed by atoms with Gasteiger partial charge in [-0.3, -0.25) is 4.99 Å². The lowest BCUT2D eigenvalue weighted by Gasteiger charge is -2.10. The number of aromatic carboxylic acids is 1. The Kier molecular flexibility index (Phi) is 5.25. The van der Waals surface area contributed by atoms with Gasteiger partial charge in [-0.15, -0.1) is 0 Å². The molecule has 0 radical (unpaired) electrons. The Morgan fingerprint density at radius 3 is 2.57 bits per heavy atom. The number of rotatable bonds is 6. The summed E-state index contributed by atoms with van der Waals surface area (Å²) in [5.74, 6) is -2.40. The summed E-state index contributed by atoms with van der Waals surface area (Å²) in [7, 11) is 2.76. The number of methoxy groups -OCH3 is 2. The van der Waals surface area contributed by atoms with Gasteiger partial charge in [0.2, 0.25) is 0 Å². The van der Waals surface area contributed by atoms with E-state index in [9.17, 15) is 19.4 Å². The number of aromatic nitrogens is 1. The van der Waals surface area contributed by atoms with Crippen molar-refractivity contribution in [2.45, 2.75) is 0 Å². The van der Waals surface area contributed by atoms with Gasteiger partial charge in [0.15, 0.2) is 11.5 Å². The molecular weight excluding hydrogens is 371 g/mol. The molecule has 9 heteroatoms. The van der Waals surface area contributed by atoms with Crippen LogP contribution in [0.3, 0.4) is 0 Å². The van der Waals surface area contributed by atoms with Gasteiger partial charge >= 0.3 is 5.97 Å². The molecule has 0 saturated heterocycles. The number of oxazole rings is 1. The van der Waals surface area contributed by atoms with Gasteiger partial charge in [0.25, 0.3) is 0 Å². The number of carboxylic acid groups (broad SMARTS) is 1. The van der Waals surface area contributed by atoms with Crippen LogP contribution < -0.4 is 14.6 Å². The van der Waals surface area contributed by atoms with Crippen molar-refractivity contribution in [2.75, 3.05) is 14.2 Å². The van der Waals surface area contributed by atoms with Crippen LogP contribution in [0, 0.1) is 5.82 Å². The van der Waals surface area contributed by atoms with Crippen molar-refractivity contribution in [3.05, 3.63) is 53.5 Å². The molecule has 8 nitrogen and oxygen atoms in total. The van der Waals surface area contributed by atoms with Gasteiger partial charge < -0.3 is 24.1 Å². The molecule has 0 unspecified atom stereocenters. The van der Waals surface area contributed by atoms with E-state index in [4.69, 9.17) is 13.9 Å². The van der Waals surface area contributed by atoms with Crippen LogP contribution in [0.5, 0.6) is 17.4 Å². The summed E-state index contributed by atoms with van der Waals surface area (Å²) in [6.45, 7) is 0. The van der Waals surface area contributed by atoms with E-state index in [-0.39, 0.29) is 39.9 Å². The molecule has 1 aromatic heterocycles. The number of nitrogens with zero attached hydrogens (tertiary/aromatic N) is 2. The molecule has 0 amide bonds. The van der Waals surface area contributed by atoms with Crippen molar-refractivity contribution < 1.29 is 33.3 Å². The molecule has 3 aromatic rings. The first-order chi connectivity index (χ1) is 13.4. The van der Waals surface area contributed by atoms with E-state index >= 15 is 0 Å². The van der Waals surface area contributed by atoms with Crippen LogP contribution in [0.25, 0.3) is 11.5 Å². The van der Waals surface area contributed by atoms with E-state index in [2.05, 4.69) is 9.98 Å². The highest BCUT2D eigenvalue weighted by molar-refractivity contribution is 5.96. The van der Waals surface area contributed by atoms with Crippen molar-refractivity contribution >= 4 is 17.9 Å². The highest BCUT2D eigenvalue weighted by Gasteiger charge is 2.16. The van der Waals surface area contributed by atoms with Gasteiger partial charge in [-0.2, -0.15) is 0 Å². The Morgan fingerprint density at radius 2 is 1.93 bits per heavy atom. The summed E-state index contributed by atoms with van der Waals surface area (Å²) >= 11 is 0. The van der Waals surface area contributed by atoms with Gasteiger partial charge in [-0.25, -0.2) is 14.2 Å². The molecule has 0 saturated carbocycles. The van der Waals surface area contributed by atoms with Crippen molar-refractivity contribution in [3.63, 3.8) is 0 Å². The molecule has 1 heterocycles. The first-order valence-corrected chi connectivity index (χ1v) is 7.90. The van der Waals surface area contributed by atoms with Gasteiger partial charge in [-0.1, -0.05) is 12.1 Å². The SMILES string of the molecule is COc1cc(N=Cc2nc(-c3ccccc3F)oc2[O-])c(C(=O)O)cc1OC. The second-order valence-electron chi connectivity index (χ2n) is 5.46. The maximum Gasteiger partial charge on any atom is 0.338 e. The summed E-state index contributed by atoms with van der Waals surface area (Å²) in [6.07, 6.45) is 1.05. The predicted molar refractivity (Wildman–Crippen MR) is 95.1 cm³/mol. The zero-order chi connectivity index (χ0) is 20.3. The molecule has 1 N–H and O–H groups in total. The van der Waals surface area contributed by atoms with Gasteiger partial charge in [-0.05, 0) is 12.1 Å². The Hall–Kier alpha value is -3.88. The molecule has 0 spiro atoms. The molecule has 3 rings (SSSR count). The monoisotopic (exact) mass is 385 g/mol. The minimum atomic E-state index is -1.25. The smallest absolute Gasteiger partial charge is 0.338 e. The van der Waals surface area contributed by atoms with Crippen LogP contribution in [-0.2, 0) is 0 Å².